The zero-order valence-electron chi connectivity index (χ0n) is 19.2. The van der Waals surface area contributed by atoms with Gasteiger partial charge in [0.2, 0.25) is 5.78 Å². The Balaban J connectivity index is 0.00000324. The zero-order valence-corrected chi connectivity index (χ0v) is 20.0. The number of primary amides is 1. The predicted octanol–water partition coefficient (Wildman–Crippen LogP) is 0.452. The van der Waals surface area contributed by atoms with Crippen molar-refractivity contribution in [2.24, 2.45) is 17.6 Å². The maximum Gasteiger partial charge on any atom is 0.255 e. The molecule has 0 spiro atoms. The molecule has 11 heteroatoms. The van der Waals surface area contributed by atoms with Gasteiger partial charge in [0, 0.05) is 31.3 Å². The number of nitrogens with zero attached hydrogens (tertiary/aromatic N) is 2. The number of carbonyl (C=O) groups is 3. The number of hydrogen-bond donors (Lipinski definition) is 5. The molecule has 0 heterocycles. The number of fused-ring (bicyclic) bond motifs is 3. The number of benzene rings is 1. The third-order valence-electron chi connectivity index (χ3n) is 7.06. The molecule has 0 unspecified atom stereocenters. The van der Waals surface area contributed by atoms with Crippen molar-refractivity contribution in [1.82, 2.24) is 4.90 Å². The molecule has 0 saturated heterocycles. The highest BCUT2D eigenvalue weighted by Crippen LogP contribution is 2.53. The van der Waals surface area contributed by atoms with E-state index in [1.54, 1.807) is 20.2 Å². The van der Waals surface area contributed by atoms with Crippen LogP contribution < -0.4 is 10.6 Å². The second kappa shape index (κ2) is 8.30. The summed E-state index contributed by atoms with van der Waals surface area (Å²) in [6, 6.07) is 2.01. The molecule has 6 N–H and O–H groups in total. The molecule has 0 bridgehead atoms. The number of amides is 1. The number of phenols is 1. The second-order valence-corrected chi connectivity index (χ2v) is 9.31. The lowest BCUT2D eigenvalue weighted by Crippen LogP contribution is -2.65. The molecule has 1 aromatic rings. The van der Waals surface area contributed by atoms with Crippen LogP contribution in [-0.2, 0) is 20.8 Å². The number of halogens is 1. The van der Waals surface area contributed by atoms with E-state index in [0.717, 1.165) is 5.69 Å². The van der Waals surface area contributed by atoms with Gasteiger partial charge in [-0.05, 0) is 50.6 Å². The molecule has 1 aromatic carbocycles. The van der Waals surface area contributed by atoms with E-state index >= 15 is 0 Å². The van der Waals surface area contributed by atoms with Gasteiger partial charge >= 0.3 is 0 Å². The van der Waals surface area contributed by atoms with Crippen molar-refractivity contribution in [3.63, 3.8) is 0 Å². The van der Waals surface area contributed by atoms with Gasteiger partial charge < -0.3 is 31.1 Å². The van der Waals surface area contributed by atoms with E-state index in [2.05, 4.69) is 0 Å². The van der Waals surface area contributed by atoms with Crippen LogP contribution in [0.1, 0.15) is 17.5 Å². The summed E-state index contributed by atoms with van der Waals surface area (Å²) in [6.07, 6.45) is 0.324. The van der Waals surface area contributed by atoms with E-state index in [4.69, 9.17) is 5.73 Å². The first-order valence-electron chi connectivity index (χ1n) is 10.5. The Bertz CT molecular complexity index is 1170. The van der Waals surface area contributed by atoms with Gasteiger partial charge in [-0.15, -0.1) is 12.4 Å². The lowest BCUT2D eigenvalue weighted by molar-refractivity contribution is -0.153. The van der Waals surface area contributed by atoms with Gasteiger partial charge in [-0.1, -0.05) is 0 Å². The number of aliphatic hydroxyl groups excluding tert-OH is 2. The molecule has 0 aromatic heterocycles. The minimum atomic E-state index is -2.63. The Morgan fingerprint density at radius 2 is 1.74 bits per heavy atom. The lowest BCUT2D eigenvalue weighted by Gasteiger charge is -2.50. The largest absolute Gasteiger partial charge is 0.508 e. The summed E-state index contributed by atoms with van der Waals surface area (Å²) in [5.74, 6) is -6.54. The molecule has 1 fully saturated rings. The number of ketones is 2. The fourth-order valence-electron chi connectivity index (χ4n) is 5.65. The summed E-state index contributed by atoms with van der Waals surface area (Å²) < 4.78 is 0. The van der Waals surface area contributed by atoms with Crippen molar-refractivity contribution in [2.45, 2.75) is 24.5 Å². The van der Waals surface area contributed by atoms with Crippen molar-refractivity contribution >= 4 is 41.3 Å². The maximum absolute atomic E-state index is 13.7. The SMILES string of the molecule is CN(C)c1ccc(O)c2c1C[C@@H]1C[C@H]3[C@H](N(C)C)C(=O)C(C(N)=O)=C(O)[C@@]3(O)C(=O)C1=C2O.Cl. The van der Waals surface area contributed by atoms with Crippen molar-refractivity contribution in [2.75, 3.05) is 33.1 Å². The molecule has 3 aliphatic rings. The second-order valence-electron chi connectivity index (χ2n) is 9.31. The molecule has 3 aliphatic carbocycles. The van der Waals surface area contributed by atoms with E-state index < -0.39 is 58.0 Å². The smallest absolute Gasteiger partial charge is 0.255 e. The topological polar surface area (TPSA) is 165 Å². The highest BCUT2D eigenvalue weighted by molar-refractivity contribution is 6.24. The van der Waals surface area contributed by atoms with Gasteiger partial charge in [0.1, 0.15) is 22.8 Å². The minimum absolute atomic E-state index is 0. The molecule has 10 nitrogen and oxygen atoms in total. The van der Waals surface area contributed by atoms with Crippen molar-refractivity contribution in [1.29, 1.82) is 0 Å². The van der Waals surface area contributed by atoms with Crippen LogP contribution in [0.25, 0.3) is 5.76 Å². The summed E-state index contributed by atoms with van der Waals surface area (Å²) in [4.78, 5) is 42.0. The average molecular weight is 494 g/mol. The van der Waals surface area contributed by atoms with Crippen LogP contribution in [0.3, 0.4) is 0 Å². The number of nitrogens with two attached hydrogens (primary N) is 1. The van der Waals surface area contributed by atoms with Gasteiger partial charge in [-0.25, -0.2) is 0 Å². The molecule has 1 amide bonds. The molecule has 34 heavy (non-hydrogen) atoms. The molecule has 4 rings (SSSR count). The van der Waals surface area contributed by atoms with E-state index in [0.29, 0.717) is 5.56 Å². The zero-order chi connectivity index (χ0) is 24.6. The summed E-state index contributed by atoms with van der Waals surface area (Å²) >= 11 is 0. The van der Waals surface area contributed by atoms with Crippen LogP contribution in [0.15, 0.2) is 29.0 Å². The fourth-order valence-corrected chi connectivity index (χ4v) is 5.65. The highest BCUT2D eigenvalue weighted by Gasteiger charge is 2.64. The van der Waals surface area contributed by atoms with Crippen LogP contribution >= 0.6 is 12.4 Å². The third kappa shape index (κ3) is 3.20. The number of carbonyl (C=O) groups excluding carboxylic acids is 3. The number of hydrogen-bond acceptors (Lipinski definition) is 9. The minimum Gasteiger partial charge on any atom is -0.508 e. The van der Waals surface area contributed by atoms with Gasteiger partial charge in [0.25, 0.3) is 5.91 Å². The number of phenolic OH excluding ortho intramolecular Hbond substituents is 1. The van der Waals surface area contributed by atoms with Gasteiger partial charge in [-0.2, -0.15) is 0 Å². The Hall–Kier alpha value is -3.08. The first kappa shape index (κ1) is 25.5. The molecular formula is C23H28ClN3O7. The number of rotatable bonds is 3. The van der Waals surface area contributed by atoms with Gasteiger partial charge in [0.15, 0.2) is 11.4 Å². The first-order valence-corrected chi connectivity index (χ1v) is 10.5. The van der Waals surface area contributed by atoms with Crippen LogP contribution in [-0.4, -0.2) is 82.6 Å². The van der Waals surface area contributed by atoms with Gasteiger partial charge in [-0.3, -0.25) is 19.3 Å². The van der Waals surface area contributed by atoms with E-state index in [9.17, 15) is 34.8 Å². The molecule has 0 aliphatic heterocycles. The van der Waals surface area contributed by atoms with Crippen molar-refractivity contribution < 1.29 is 34.8 Å². The first-order chi connectivity index (χ1) is 15.3. The molecule has 0 radical (unpaired) electrons. The van der Waals surface area contributed by atoms with Crippen LogP contribution in [0.4, 0.5) is 5.69 Å². The molecule has 4 atom stereocenters. The van der Waals surface area contributed by atoms with Crippen LogP contribution in [0, 0.1) is 11.8 Å². The Kier molecular flexibility index (Phi) is 6.23. The fraction of sp³-hybridized carbons (Fsp3) is 0.435. The summed E-state index contributed by atoms with van der Waals surface area (Å²) in [6.45, 7) is 0. The number of Topliss-reactive ketones (excluding diaryl/α,β-unsaturated/α-hetero) is 2. The van der Waals surface area contributed by atoms with E-state index in [1.165, 1.54) is 11.0 Å². The number of aliphatic hydroxyl groups is 3. The number of aromatic hydroxyl groups is 1. The van der Waals surface area contributed by atoms with Crippen molar-refractivity contribution in [3.8, 4) is 5.75 Å². The average Bonchev–Trinajstić information content (AvgIpc) is 2.70. The Labute approximate surface area is 202 Å². The molecular weight excluding hydrogens is 466 g/mol. The standard InChI is InChI=1S/C23H27N3O7.ClH/c1-25(2)12-5-6-13(27)15-10(12)7-9-8-11-17(26(3)4)19(29)16(22(24)32)21(31)23(11,33)20(30)14(9)18(15)28;/h5-6,9,11,17,27-28,31,33H,7-8H2,1-4H3,(H2,24,32);1H/t9-,11+,17+,23+;/m1./s1. The Morgan fingerprint density at radius 1 is 1.12 bits per heavy atom. The summed E-state index contributed by atoms with van der Waals surface area (Å²) in [7, 11) is 6.75. The summed E-state index contributed by atoms with van der Waals surface area (Å²) in [5, 5.41) is 43.9. The van der Waals surface area contributed by atoms with Crippen molar-refractivity contribution in [3.05, 3.63) is 40.2 Å². The lowest BCUT2D eigenvalue weighted by atomic mass is 9.57. The summed E-state index contributed by atoms with van der Waals surface area (Å²) in [5.41, 5.74) is 3.15. The normalized spacial score (nSPS) is 28.2. The quantitative estimate of drug-likeness (QED) is 0.376. The highest BCUT2D eigenvalue weighted by atomic mass is 35.5. The number of likely N-dealkylation sites (N-methyl/N-ethyl adjacent to an activating group) is 1. The Morgan fingerprint density at radius 3 is 2.26 bits per heavy atom. The van der Waals surface area contributed by atoms with Gasteiger partial charge in [0.05, 0.1) is 11.6 Å². The van der Waals surface area contributed by atoms with Crippen LogP contribution in [0.5, 0.6) is 5.75 Å². The number of anilines is 1. The monoisotopic (exact) mass is 493 g/mol. The van der Waals surface area contributed by atoms with E-state index in [1.807, 2.05) is 19.0 Å². The molecule has 1 saturated carbocycles. The van der Waals surface area contributed by atoms with E-state index in [-0.39, 0.29) is 42.1 Å². The predicted molar refractivity (Wildman–Crippen MR) is 126 cm³/mol. The third-order valence-corrected chi connectivity index (χ3v) is 7.06. The molecule has 184 valence electrons. The maximum atomic E-state index is 13.7. The van der Waals surface area contributed by atoms with Crippen LogP contribution in [0.2, 0.25) is 0 Å².